The van der Waals surface area contributed by atoms with Crippen molar-refractivity contribution in [1.29, 1.82) is 0 Å². The number of hydrogen-bond acceptors (Lipinski definition) is 3. The molecular weight excluding hydrogens is 345 g/mol. The standard InChI is InChI=1S/C18H16ClN3O.ClH/c19-17-6-5-12(11-22-17)7-8-21-18(23)15-9-13-3-1-2-4-14(13)10-16(15)20;/h1-6,9-11H,7-8,20H2,(H,21,23);1H. The summed E-state index contributed by atoms with van der Waals surface area (Å²) in [5.74, 6) is -0.171. The van der Waals surface area contributed by atoms with E-state index >= 15 is 0 Å². The molecule has 1 heterocycles. The lowest BCUT2D eigenvalue weighted by Crippen LogP contribution is -2.26. The number of anilines is 1. The Hall–Kier alpha value is -2.30. The number of carbonyl (C=O) groups is 1. The van der Waals surface area contributed by atoms with Crippen LogP contribution in [0.2, 0.25) is 5.15 Å². The van der Waals surface area contributed by atoms with E-state index in [1.54, 1.807) is 12.3 Å². The molecule has 0 aliphatic rings. The van der Waals surface area contributed by atoms with Crippen LogP contribution in [-0.2, 0) is 6.42 Å². The Morgan fingerprint density at radius 1 is 1.12 bits per heavy atom. The van der Waals surface area contributed by atoms with Crippen LogP contribution in [0.3, 0.4) is 0 Å². The number of halogens is 2. The van der Waals surface area contributed by atoms with Crippen molar-refractivity contribution in [1.82, 2.24) is 10.3 Å². The normalized spacial score (nSPS) is 10.2. The predicted molar refractivity (Wildman–Crippen MR) is 101 cm³/mol. The summed E-state index contributed by atoms with van der Waals surface area (Å²) in [6, 6.07) is 15.1. The van der Waals surface area contributed by atoms with E-state index in [4.69, 9.17) is 17.3 Å². The van der Waals surface area contributed by atoms with Gasteiger partial charge in [0.25, 0.3) is 5.91 Å². The number of nitrogens with one attached hydrogen (secondary N) is 1. The average Bonchev–Trinajstić information content (AvgIpc) is 2.56. The lowest BCUT2D eigenvalue weighted by Gasteiger charge is -2.09. The van der Waals surface area contributed by atoms with Crippen LogP contribution in [0, 0.1) is 0 Å². The van der Waals surface area contributed by atoms with Gasteiger partial charge in [-0.25, -0.2) is 4.98 Å². The van der Waals surface area contributed by atoms with Gasteiger partial charge < -0.3 is 11.1 Å². The quantitative estimate of drug-likeness (QED) is 0.547. The van der Waals surface area contributed by atoms with Gasteiger partial charge in [-0.05, 0) is 41.0 Å². The van der Waals surface area contributed by atoms with E-state index in [0.29, 0.717) is 29.4 Å². The molecular formula is C18H17Cl2N3O. The van der Waals surface area contributed by atoms with E-state index in [1.165, 1.54) is 0 Å². The zero-order chi connectivity index (χ0) is 16.2. The van der Waals surface area contributed by atoms with Gasteiger partial charge >= 0.3 is 0 Å². The lowest BCUT2D eigenvalue weighted by molar-refractivity contribution is 0.0955. The first kappa shape index (κ1) is 18.0. The second-order valence-corrected chi connectivity index (χ2v) is 5.67. The van der Waals surface area contributed by atoms with Gasteiger partial charge in [0.15, 0.2) is 0 Å². The molecule has 0 radical (unpaired) electrons. The third-order valence-electron chi connectivity index (χ3n) is 3.65. The zero-order valence-electron chi connectivity index (χ0n) is 12.8. The molecule has 1 amide bonds. The van der Waals surface area contributed by atoms with Crippen LogP contribution in [0.25, 0.3) is 10.8 Å². The molecule has 0 fully saturated rings. The van der Waals surface area contributed by atoms with Gasteiger partial charge in [-0.1, -0.05) is 41.9 Å². The maximum Gasteiger partial charge on any atom is 0.253 e. The highest BCUT2D eigenvalue weighted by atomic mass is 35.5. The molecule has 24 heavy (non-hydrogen) atoms. The Morgan fingerprint density at radius 3 is 2.50 bits per heavy atom. The molecule has 0 saturated heterocycles. The van der Waals surface area contributed by atoms with E-state index in [1.807, 2.05) is 42.5 Å². The number of carbonyl (C=O) groups excluding carboxylic acids is 1. The summed E-state index contributed by atoms with van der Waals surface area (Å²) in [7, 11) is 0. The number of rotatable bonds is 4. The molecule has 4 nitrogen and oxygen atoms in total. The topological polar surface area (TPSA) is 68.0 Å². The average molecular weight is 362 g/mol. The Bertz CT molecular complexity index is 851. The number of fused-ring (bicyclic) bond motifs is 1. The van der Waals surface area contributed by atoms with Crippen molar-refractivity contribution in [3.63, 3.8) is 0 Å². The fourth-order valence-electron chi connectivity index (χ4n) is 2.42. The summed E-state index contributed by atoms with van der Waals surface area (Å²) in [5.41, 5.74) is 8.00. The van der Waals surface area contributed by atoms with Crippen molar-refractivity contribution in [3.05, 3.63) is 71.0 Å². The van der Waals surface area contributed by atoms with Crippen molar-refractivity contribution < 1.29 is 4.79 Å². The molecule has 6 heteroatoms. The first-order chi connectivity index (χ1) is 11.1. The predicted octanol–water partition coefficient (Wildman–Crippen LogP) is 3.86. The van der Waals surface area contributed by atoms with Crippen LogP contribution < -0.4 is 11.1 Å². The van der Waals surface area contributed by atoms with Crippen LogP contribution in [-0.4, -0.2) is 17.4 Å². The van der Waals surface area contributed by atoms with Crippen LogP contribution in [0.1, 0.15) is 15.9 Å². The van der Waals surface area contributed by atoms with Gasteiger partial charge in [0, 0.05) is 18.4 Å². The van der Waals surface area contributed by atoms with Crippen molar-refractivity contribution >= 4 is 46.4 Å². The zero-order valence-corrected chi connectivity index (χ0v) is 14.4. The highest BCUT2D eigenvalue weighted by Crippen LogP contribution is 2.21. The molecule has 124 valence electrons. The van der Waals surface area contributed by atoms with Gasteiger partial charge in [-0.2, -0.15) is 0 Å². The number of nitrogens with two attached hydrogens (primary N) is 1. The summed E-state index contributed by atoms with van der Waals surface area (Å²) in [5, 5.41) is 5.36. The number of hydrogen-bond donors (Lipinski definition) is 2. The molecule has 3 aromatic rings. The van der Waals surface area contributed by atoms with Crippen LogP contribution >= 0.6 is 24.0 Å². The Morgan fingerprint density at radius 2 is 1.83 bits per heavy atom. The third-order valence-corrected chi connectivity index (χ3v) is 3.87. The Balaban J connectivity index is 0.00000208. The highest BCUT2D eigenvalue weighted by molar-refractivity contribution is 6.29. The highest BCUT2D eigenvalue weighted by Gasteiger charge is 2.10. The summed E-state index contributed by atoms with van der Waals surface area (Å²) in [6.45, 7) is 0.508. The Kier molecular flexibility index (Phi) is 6.01. The molecule has 3 rings (SSSR count). The summed E-state index contributed by atoms with van der Waals surface area (Å²) < 4.78 is 0. The van der Waals surface area contributed by atoms with Crippen LogP contribution in [0.15, 0.2) is 54.7 Å². The molecule has 0 spiro atoms. The van der Waals surface area contributed by atoms with E-state index in [-0.39, 0.29) is 18.3 Å². The van der Waals surface area contributed by atoms with Crippen molar-refractivity contribution in [3.8, 4) is 0 Å². The van der Waals surface area contributed by atoms with Crippen LogP contribution in [0.5, 0.6) is 0 Å². The minimum absolute atomic E-state index is 0. The molecule has 0 bridgehead atoms. The van der Waals surface area contributed by atoms with Crippen molar-refractivity contribution in [2.75, 3.05) is 12.3 Å². The summed E-state index contributed by atoms with van der Waals surface area (Å²) in [4.78, 5) is 16.3. The molecule has 0 atom stereocenters. The molecule has 0 saturated carbocycles. The fraction of sp³-hybridized carbons (Fsp3) is 0.111. The van der Waals surface area contributed by atoms with Gasteiger partial charge in [0.1, 0.15) is 5.15 Å². The van der Waals surface area contributed by atoms with E-state index in [9.17, 15) is 4.79 Å². The lowest BCUT2D eigenvalue weighted by atomic mass is 10.0. The maximum atomic E-state index is 12.3. The van der Waals surface area contributed by atoms with Gasteiger partial charge in [0.2, 0.25) is 0 Å². The summed E-state index contributed by atoms with van der Waals surface area (Å²) >= 11 is 5.75. The third kappa shape index (κ3) is 4.16. The van der Waals surface area contributed by atoms with E-state index in [2.05, 4.69) is 10.3 Å². The number of aromatic nitrogens is 1. The largest absolute Gasteiger partial charge is 0.398 e. The van der Waals surface area contributed by atoms with Crippen molar-refractivity contribution in [2.45, 2.75) is 6.42 Å². The number of nitrogens with zero attached hydrogens (tertiary/aromatic N) is 1. The number of pyridine rings is 1. The van der Waals surface area contributed by atoms with Crippen LogP contribution in [0.4, 0.5) is 5.69 Å². The molecule has 3 N–H and O–H groups in total. The number of nitrogen functional groups attached to an aromatic ring is 1. The first-order valence-corrected chi connectivity index (χ1v) is 7.68. The molecule has 2 aromatic carbocycles. The first-order valence-electron chi connectivity index (χ1n) is 7.30. The molecule has 0 aliphatic heterocycles. The number of benzene rings is 2. The fourth-order valence-corrected chi connectivity index (χ4v) is 2.54. The molecule has 0 aliphatic carbocycles. The second kappa shape index (κ2) is 7.99. The van der Waals surface area contributed by atoms with Gasteiger partial charge in [0.05, 0.1) is 5.56 Å². The maximum absolute atomic E-state index is 12.3. The molecule has 0 unspecified atom stereocenters. The minimum Gasteiger partial charge on any atom is -0.398 e. The monoisotopic (exact) mass is 361 g/mol. The minimum atomic E-state index is -0.171. The van der Waals surface area contributed by atoms with Gasteiger partial charge in [-0.15, -0.1) is 12.4 Å². The second-order valence-electron chi connectivity index (χ2n) is 5.28. The van der Waals surface area contributed by atoms with E-state index < -0.39 is 0 Å². The van der Waals surface area contributed by atoms with Gasteiger partial charge in [-0.3, -0.25) is 4.79 Å². The number of amides is 1. The summed E-state index contributed by atoms with van der Waals surface area (Å²) in [6.07, 6.45) is 2.39. The smallest absolute Gasteiger partial charge is 0.253 e. The van der Waals surface area contributed by atoms with Crippen molar-refractivity contribution in [2.24, 2.45) is 0 Å². The molecule has 1 aromatic heterocycles. The SMILES string of the molecule is Cl.Nc1cc2ccccc2cc1C(=O)NCCc1ccc(Cl)nc1. The Labute approximate surface area is 151 Å². The van der Waals surface area contributed by atoms with E-state index in [0.717, 1.165) is 16.3 Å².